The summed E-state index contributed by atoms with van der Waals surface area (Å²) in [6.45, 7) is 10.0. The van der Waals surface area contributed by atoms with E-state index < -0.39 is 0 Å². The maximum absolute atomic E-state index is 6.31. The van der Waals surface area contributed by atoms with Crippen molar-refractivity contribution in [3.8, 4) is 23.8 Å². The van der Waals surface area contributed by atoms with Gasteiger partial charge in [-0.2, -0.15) is 0 Å². The number of hydrogen-bond donors (Lipinski definition) is 1. The van der Waals surface area contributed by atoms with Gasteiger partial charge in [-0.15, -0.1) is 6.42 Å². The van der Waals surface area contributed by atoms with Crippen LogP contribution in [-0.4, -0.2) is 57.5 Å². The van der Waals surface area contributed by atoms with Crippen molar-refractivity contribution in [1.82, 2.24) is 10.2 Å². The molecule has 1 fully saturated rings. The van der Waals surface area contributed by atoms with E-state index in [9.17, 15) is 0 Å². The summed E-state index contributed by atoms with van der Waals surface area (Å²) in [6.07, 6.45) is 5.44. The summed E-state index contributed by atoms with van der Waals surface area (Å²) >= 11 is 6.31. The topological polar surface area (TPSA) is 43.0 Å². The van der Waals surface area contributed by atoms with Crippen LogP contribution in [0.5, 0.6) is 11.5 Å². The molecule has 1 saturated heterocycles. The molecule has 0 spiro atoms. The van der Waals surface area contributed by atoms with Crippen molar-refractivity contribution < 1.29 is 14.2 Å². The molecule has 1 heterocycles. The molecule has 1 unspecified atom stereocenters. The van der Waals surface area contributed by atoms with Gasteiger partial charge in [0.15, 0.2) is 11.5 Å². The second kappa shape index (κ2) is 10.6. The van der Waals surface area contributed by atoms with Gasteiger partial charge in [-0.25, -0.2) is 0 Å². The second-order valence-corrected chi connectivity index (χ2v) is 7.29. The van der Waals surface area contributed by atoms with E-state index in [4.69, 9.17) is 32.2 Å². The van der Waals surface area contributed by atoms with Crippen LogP contribution in [0.25, 0.3) is 0 Å². The van der Waals surface area contributed by atoms with Gasteiger partial charge in [-0.3, -0.25) is 4.90 Å². The molecule has 0 saturated carbocycles. The minimum Gasteiger partial charge on any atom is -0.493 e. The Hall–Kier alpha value is -1.45. The van der Waals surface area contributed by atoms with E-state index in [-0.39, 0.29) is 12.7 Å². The third kappa shape index (κ3) is 6.37. The SMILES string of the molecule is C#CCOc1c(Cl)cc(CNCC2CN(CC(C)C)CCO2)cc1OC. The summed E-state index contributed by atoms with van der Waals surface area (Å²) < 4.78 is 16.7. The number of morpholine rings is 1. The Morgan fingerprint density at radius 2 is 2.27 bits per heavy atom. The van der Waals surface area contributed by atoms with E-state index in [2.05, 4.69) is 30.0 Å². The molecule has 0 radical (unpaired) electrons. The number of nitrogens with one attached hydrogen (secondary N) is 1. The Morgan fingerprint density at radius 1 is 1.46 bits per heavy atom. The molecular formula is C20H29ClN2O3. The predicted molar refractivity (Wildman–Crippen MR) is 105 cm³/mol. The Kier molecular flexibility index (Phi) is 8.53. The number of nitrogens with zero attached hydrogens (tertiary/aromatic N) is 1. The van der Waals surface area contributed by atoms with E-state index in [0.29, 0.717) is 29.0 Å². The van der Waals surface area contributed by atoms with Crippen molar-refractivity contribution in [3.63, 3.8) is 0 Å². The average molecular weight is 381 g/mol. The van der Waals surface area contributed by atoms with Gasteiger partial charge in [-0.1, -0.05) is 31.4 Å². The van der Waals surface area contributed by atoms with Crippen LogP contribution in [0.15, 0.2) is 12.1 Å². The molecule has 1 aromatic rings. The lowest BCUT2D eigenvalue weighted by Gasteiger charge is -2.34. The molecule has 2 rings (SSSR count). The van der Waals surface area contributed by atoms with Gasteiger partial charge in [0.1, 0.15) is 6.61 Å². The summed E-state index contributed by atoms with van der Waals surface area (Å²) in [5.74, 6) is 4.17. The van der Waals surface area contributed by atoms with E-state index >= 15 is 0 Å². The first-order valence-electron chi connectivity index (χ1n) is 9.00. The lowest BCUT2D eigenvalue weighted by molar-refractivity contribution is -0.0303. The fourth-order valence-corrected chi connectivity index (χ4v) is 3.38. The van der Waals surface area contributed by atoms with Gasteiger partial charge in [0.25, 0.3) is 0 Å². The van der Waals surface area contributed by atoms with Crippen molar-refractivity contribution in [2.45, 2.75) is 26.5 Å². The number of benzene rings is 1. The van der Waals surface area contributed by atoms with Gasteiger partial charge in [0.2, 0.25) is 0 Å². The van der Waals surface area contributed by atoms with Crippen molar-refractivity contribution in [1.29, 1.82) is 0 Å². The highest BCUT2D eigenvalue weighted by Crippen LogP contribution is 2.36. The minimum atomic E-state index is 0.152. The van der Waals surface area contributed by atoms with Crippen LogP contribution in [-0.2, 0) is 11.3 Å². The van der Waals surface area contributed by atoms with Crippen molar-refractivity contribution in [2.24, 2.45) is 5.92 Å². The molecule has 1 N–H and O–H groups in total. The van der Waals surface area contributed by atoms with Gasteiger partial charge >= 0.3 is 0 Å². The van der Waals surface area contributed by atoms with Crippen molar-refractivity contribution >= 4 is 11.6 Å². The maximum atomic E-state index is 6.31. The molecule has 0 amide bonds. The molecule has 5 nitrogen and oxygen atoms in total. The Balaban J connectivity index is 1.87. The Labute approximate surface area is 161 Å². The van der Waals surface area contributed by atoms with Crippen molar-refractivity contribution in [2.75, 3.05) is 46.5 Å². The first kappa shape index (κ1) is 20.9. The van der Waals surface area contributed by atoms with E-state index in [1.54, 1.807) is 7.11 Å². The zero-order valence-electron chi connectivity index (χ0n) is 15.9. The Morgan fingerprint density at radius 3 is 2.96 bits per heavy atom. The summed E-state index contributed by atoms with van der Waals surface area (Å²) in [4.78, 5) is 2.47. The smallest absolute Gasteiger partial charge is 0.181 e. The number of methoxy groups -OCH3 is 1. The highest BCUT2D eigenvalue weighted by Gasteiger charge is 2.20. The third-order valence-electron chi connectivity index (χ3n) is 4.14. The quantitative estimate of drug-likeness (QED) is 0.667. The van der Waals surface area contributed by atoms with Crippen LogP contribution >= 0.6 is 11.6 Å². The van der Waals surface area contributed by atoms with Gasteiger partial charge < -0.3 is 19.5 Å². The number of ether oxygens (including phenoxy) is 3. The molecule has 0 aliphatic carbocycles. The fraction of sp³-hybridized carbons (Fsp3) is 0.600. The number of terminal acetylenes is 1. The van der Waals surface area contributed by atoms with E-state index in [0.717, 1.165) is 38.3 Å². The largest absolute Gasteiger partial charge is 0.493 e. The van der Waals surface area contributed by atoms with Gasteiger partial charge in [0.05, 0.1) is 24.8 Å². The van der Waals surface area contributed by atoms with E-state index in [1.165, 1.54) is 0 Å². The third-order valence-corrected chi connectivity index (χ3v) is 4.42. The molecule has 0 aromatic heterocycles. The molecule has 1 aliphatic rings. The van der Waals surface area contributed by atoms with Crippen LogP contribution in [0.1, 0.15) is 19.4 Å². The number of rotatable bonds is 9. The molecule has 1 aliphatic heterocycles. The normalized spacial score (nSPS) is 17.9. The highest BCUT2D eigenvalue weighted by atomic mass is 35.5. The second-order valence-electron chi connectivity index (χ2n) is 6.88. The lowest BCUT2D eigenvalue weighted by atomic mass is 10.1. The zero-order valence-corrected chi connectivity index (χ0v) is 16.6. The number of hydrogen-bond acceptors (Lipinski definition) is 5. The minimum absolute atomic E-state index is 0.152. The Bertz CT molecular complexity index is 616. The van der Waals surface area contributed by atoms with Crippen LogP contribution in [0, 0.1) is 18.3 Å². The van der Waals surface area contributed by atoms with Crippen LogP contribution in [0.3, 0.4) is 0 Å². The molecular weight excluding hydrogens is 352 g/mol. The standard InChI is InChI=1S/C20H29ClN2O3/c1-5-7-26-20-18(21)9-16(10-19(20)24-4)11-22-12-17-14-23(6-8-25-17)13-15(2)3/h1,9-10,15,17,22H,6-8,11-14H2,2-4H3. The molecule has 6 heteroatoms. The fourth-order valence-electron chi connectivity index (χ4n) is 3.09. The predicted octanol–water partition coefficient (Wildman–Crippen LogP) is 2.81. The van der Waals surface area contributed by atoms with Crippen LogP contribution in [0.2, 0.25) is 5.02 Å². The van der Waals surface area contributed by atoms with Crippen LogP contribution in [0.4, 0.5) is 0 Å². The number of halogens is 1. The molecule has 1 atom stereocenters. The summed E-state index contributed by atoms with van der Waals surface area (Å²) in [5.41, 5.74) is 1.02. The van der Waals surface area contributed by atoms with E-state index in [1.807, 2.05) is 12.1 Å². The van der Waals surface area contributed by atoms with Crippen LogP contribution < -0.4 is 14.8 Å². The summed E-state index contributed by atoms with van der Waals surface area (Å²) in [6, 6.07) is 3.78. The first-order valence-corrected chi connectivity index (χ1v) is 9.38. The highest BCUT2D eigenvalue weighted by molar-refractivity contribution is 6.32. The average Bonchev–Trinajstić information content (AvgIpc) is 2.60. The summed E-state index contributed by atoms with van der Waals surface area (Å²) in [5, 5.41) is 3.94. The van der Waals surface area contributed by atoms with Crippen molar-refractivity contribution in [3.05, 3.63) is 22.7 Å². The molecule has 144 valence electrons. The first-order chi connectivity index (χ1) is 12.5. The maximum Gasteiger partial charge on any atom is 0.181 e. The molecule has 0 bridgehead atoms. The van der Waals surface area contributed by atoms with Gasteiger partial charge in [-0.05, 0) is 23.6 Å². The summed E-state index contributed by atoms with van der Waals surface area (Å²) in [7, 11) is 1.59. The van der Waals surface area contributed by atoms with Gasteiger partial charge in [0, 0.05) is 32.7 Å². The zero-order chi connectivity index (χ0) is 18.9. The molecule has 26 heavy (non-hydrogen) atoms. The lowest BCUT2D eigenvalue weighted by Crippen LogP contribution is -2.47. The monoisotopic (exact) mass is 380 g/mol. The molecule has 1 aromatic carbocycles.